The van der Waals surface area contributed by atoms with Gasteiger partial charge in [0.15, 0.2) is 0 Å². The molecule has 0 aliphatic carbocycles. The van der Waals surface area contributed by atoms with E-state index >= 15 is 0 Å². The van der Waals surface area contributed by atoms with Gasteiger partial charge in [-0.25, -0.2) is 0 Å². The smallest absolute Gasteiger partial charge is 0.255 e. The molecule has 1 heterocycles. The van der Waals surface area contributed by atoms with E-state index in [0.717, 1.165) is 22.4 Å². The number of aryl methyl sites for hydroxylation is 1. The molecular formula is C20H22N2O3. The Morgan fingerprint density at radius 3 is 2.48 bits per heavy atom. The van der Waals surface area contributed by atoms with E-state index in [4.69, 9.17) is 9.47 Å². The van der Waals surface area contributed by atoms with Crippen LogP contribution in [0.3, 0.4) is 0 Å². The third-order valence-electron chi connectivity index (χ3n) is 4.23. The van der Waals surface area contributed by atoms with Gasteiger partial charge in [0, 0.05) is 31.2 Å². The van der Waals surface area contributed by atoms with Crippen molar-refractivity contribution >= 4 is 16.8 Å². The first-order valence-electron chi connectivity index (χ1n) is 8.16. The number of ether oxygens (including phenoxy) is 2. The van der Waals surface area contributed by atoms with Gasteiger partial charge >= 0.3 is 0 Å². The summed E-state index contributed by atoms with van der Waals surface area (Å²) >= 11 is 0. The molecule has 0 saturated heterocycles. The normalized spacial score (nSPS) is 10.7. The number of amides is 1. The summed E-state index contributed by atoms with van der Waals surface area (Å²) in [6, 6.07) is 15.3. The summed E-state index contributed by atoms with van der Waals surface area (Å²) in [4.78, 5) is 14.4. The van der Waals surface area contributed by atoms with Gasteiger partial charge in [0.1, 0.15) is 18.1 Å². The third-order valence-corrected chi connectivity index (χ3v) is 4.23. The van der Waals surface area contributed by atoms with E-state index in [1.807, 2.05) is 66.3 Å². The molecule has 0 aliphatic heterocycles. The minimum atomic E-state index is -0.00451. The maximum absolute atomic E-state index is 12.7. The second-order valence-corrected chi connectivity index (χ2v) is 5.92. The first-order valence-corrected chi connectivity index (χ1v) is 8.16. The number of aromatic nitrogens is 1. The molecule has 0 N–H and O–H groups in total. The SMILES string of the molecule is COc1ccc(OCCN(C)C(=O)c2cn(C)c3ccccc23)cc1. The largest absolute Gasteiger partial charge is 0.497 e. The molecule has 25 heavy (non-hydrogen) atoms. The predicted octanol–water partition coefficient (Wildman–Crippen LogP) is 3.34. The van der Waals surface area contributed by atoms with Crippen LogP contribution in [0, 0.1) is 0 Å². The van der Waals surface area contributed by atoms with Crippen molar-refractivity contribution in [3.63, 3.8) is 0 Å². The maximum atomic E-state index is 12.7. The van der Waals surface area contributed by atoms with Crippen LogP contribution in [-0.2, 0) is 7.05 Å². The zero-order valence-corrected chi connectivity index (χ0v) is 14.7. The van der Waals surface area contributed by atoms with Gasteiger partial charge in [-0.05, 0) is 30.3 Å². The summed E-state index contributed by atoms with van der Waals surface area (Å²) in [5.41, 5.74) is 1.76. The van der Waals surface area contributed by atoms with Gasteiger partial charge in [0.05, 0.1) is 19.2 Å². The van der Waals surface area contributed by atoms with Crippen LogP contribution >= 0.6 is 0 Å². The molecule has 0 aliphatic rings. The van der Waals surface area contributed by atoms with Crippen molar-refractivity contribution in [1.82, 2.24) is 9.47 Å². The molecule has 0 spiro atoms. The lowest BCUT2D eigenvalue weighted by Gasteiger charge is -2.17. The molecule has 0 unspecified atom stereocenters. The zero-order valence-electron chi connectivity index (χ0n) is 14.7. The van der Waals surface area contributed by atoms with Gasteiger partial charge in [-0.1, -0.05) is 18.2 Å². The monoisotopic (exact) mass is 338 g/mol. The Labute approximate surface area is 147 Å². The van der Waals surface area contributed by atoms with E-state index in [2.05, 4.69) is 0 Å². The van der Waals surface area contributed by atoms with Gasteiger partial charge in [0.2, 0.25) is 0 Å². The number of carbonyl (C=O) groups excluding carboxylic acids is 1. The summed E-state index contributed by atoms with van der Waals surface area (Å²) in [5.74, 6) is 1.54. The number of methoxy groups -OCH3 is 1. The Morgan fingerprint density at radius 1 is 1.08 bits per heavy atom. The predicted molar refractivity (Wildman–Crippen MR) is 98.4 cm³/mol. The van der Waals surface area contributed by atoms with E-state index < -0.39 is 0 Å². The fourth-order valence-electron chi connectivity index (χ4n) is 2.79. The first-order chi connectivity index (χ1) is 12.1. The summed E-state index contributed by atoms with van der Waals surface area (Å²) in [6.45, 7) is 0.938. The number of hydrogen-bond acceptors (Lipinski definition) is 3. The van der Waals surface area contributed by atoms with Gasteiger partial charge in [-0.3, -0.25) is 4.79 Å². The second-order valence-electron chi connectivity index (χ2n) is 5.92. The van der Waals surface area contributed by atoms with Gasteiger partial charge in [-0.2, -0.15) is 0 Å². The van der Waals surface area contributed by atoms with Crippen LogP contribution in [0.5, 0.6) is 11.5 Å². The Bertz CT molecular complexity index is 868. The average Bonchev–Trinajstić information content (AvgIpc) is 2.98. The summed E-state index contributed by atoms with van der Waals surface area (Å²) in [6.07, 6.45) is 1.88. The lowest BCUT2D eigenvalue weighted by Crippen LogP contribution is -2.30. The molecule has 0 saturated carbocycles. The minimum absolute atomic E-state index is 0.00451. The van der Waals surface area contributed by atoms with Crippen molar-refractivity contribution in [2.45, 2.75) is 0 Å². The molecule has 5 heteroatoms. The number of para-hydroxylation sites is 1. The van der Waals surface area contributed by atoms with Crippen LogP contribution in [0.4, 0.5) is 0 Å². The topological polar surface area (TPSA) is 43.7 Å². The molecule has 0 radical (unpaired) electrons. The van der Waals surface area contributed by atoms with Crippen molar-refractivity contribution < 1.29 is 14.3 Å². The highest BCUT2D eigenvalue weighted by Gasteiger charge is 2.17. The Balaban J connectivity index is 1.62. The number of hydrogen-bond donors (Lipinski definition) is 0. The molecule has 130 valence electrons. The second kappa shape index (κ2) is 7.30. The summed E-state index contributed by atoms with van der Waals surface area (Å²) in [5, 5.41) is 0.970. The van der Waals surface area contributed by atoms with Gasteiger partial charge in [-0.15, -0.1) is 0 Å². The molecule has 1 amide bonds. The molecule has 5 nitrogen and oxygen atoms in total. The number of likely N-dealkylation sites (N-methyl/N-ethyl adjacent to an activating group) is 1. The molecule has 3 rings (SSSR count). The highest BCUT2D eigenvalue weighted by atomic mass is 16.5. The number of fused-ring (bicyclic) bond motifs is 1. The quantitative estimate of drug-likeness (QED) is 0.692. The van der Waals surface area contributed by atoms with Gasteiger partial charge < -0.3 is 18.9 Å². The minimum Gasteiger partial charge on any atom is -0.497 e. The fraction of sp³-hybridized carbons (Fsp3) is 0.250. The first kappa shape index (κ1) is 16.9. The Morgan fingerprint density at radius 2 is 1.76 bits per heavy atom. The Hall–Kier alpha value is -2.95. The number of carbonyl (C=O) groups is 1. The summed E-state index contributed by atoms with van der Waals surface area (Å²) in [7, 11) is 5.37. The number of benzene rings is 2. The molecule has 3 aromatic rings. The lowest BCUT2D eigenvalue weighted by molar-refractivity contribution is 0.0775. The molecular weight excluding hydrogens is 316 g/mol. The van der Waals surface area contributed by atoms with E-state index in [1.165, 1.54) is 0 Å². The number of rotatable bonds is 6. The van der Waals surface area contributed by atoms with Crippen molar-refractivity contribution in [2.24, 2.45) is 7.05 Å². The maximum Gasteiger partial charge on any atom is 0.255 e. The van der Waals surface area contributed by atoms with E-state index in [9.17, 15) is 4.79 Å². The van der Waals surface area contributed by atoms with Crippen molar-refractivity contribution in [3.05, 3.63) is 60.3 Å². The van der Waals surface area contributed by atoms with Crippen LogP contribution in [0.15, 0.2) is 54.7 Å². The highest BCUT2D eigenvalue weighted by Crippen LogP contribution is 2.21. The van der Waals surface area contributed by atoms with E-state index in [1.54, 1.807) is 19.1 Å². The summed E-state index contributed by atoms with van der Waals surface area (Å²) < 4.78 is 12.8. The molecule has 1 aromatic heterocycles. The standard InChI is InChI=1S/C20H22N2O3/c1-21(12-13-25-16-10-8-15(24-3)9-11-16)20(23)18-14-22(2)19-7-5-4-6-17(18)19/h4-11,14H,12-13H2,1-3H3. The zero-order chi connectivity index (χ0) is 17.8. The Kier molecular flexibility index (Phi) is 4.93. The lowest BCUT2D eigenvalue weighted by atomic mass is 10.1. The molecule has 0 fully saturated rings. The van der Waals surface area contributed by atoms with Crippen molar-refractivity contribution in [1.29, 1.82) is 0 Å². The van der Waals surface area contributed by atoms with Crippen LogP contribution in [0.25, 0.3) is 10.9 Å². The van der Waals surface area contributed by atoms with E-state index in [0.29, 0.717) is 18.7 Å². The van der Waals surface area contributed by atoms with Crippen molar-refractivity contribution in [3.8, 4) is 11.5 Å². The van der Waals surface area contributed by atoms with Crippen LogP contribution in [0.2, 0.25) is 0 Å². The number of nitrogens with zero attached hydrogens (tertiary/aromatic N) is 2. The molecule has 0 atom stereocenters. The third kappa shape index (κ3) is 3.60. The van der Waals surface area contributed by atoms with Crippen LogP contribution in [-0.4, -0.2) is 42.7 Å². The van der Waals surface area contributed by atoms with E-state index in [-0.39, 0.29) is 5.91 Å². The van der Waals surface area contributed by atoms with Crippen LogP contribution < -0.4 is 9.47 Å². The highest BCUT2D eigenvalue weighted by molar-refractivity contribution is 6.06. The molecule has 0 bridgehead atoms. The molecule has 2 aromatic carbocycles. The average molecular weight is 338 g/mol. The fourth-order valence-corrected chi connectivity index (χ4v) is 2.79. The van der Waals surface area contributed by atoms with Crippen LogP contribution in [0.1, 0.15) is 10.4 Å². The van der Waals surface area contributed by atoms with Gasteiger partial charge in [0.25, 0.3) is 5.91 Å². The van der Waals surface area contributed by atoms with Crippen molar-refractivity contribution in [2.75, 3.05) is 27.3 Å².